The third-order valence-electron chi connectivity index (χ3n) is 4.14. The van der Waals surface area contributed by atoms with E-state index in [9.17, 15) is 14.7 Å². The second-order valence-corrected chi connectivity index (χ2v) is 6.58. The predicted molar refractivity (Wildman–Crippen MR) is 79.4 cm³/mol. The Balaban J connectivity index is 2.15. The monoisotopic (exact) mass is 311 g/mol. The van der Waals surface area contributed by atoms with Gasteiger partial charge in [0, 0.05) is 0 Å². The topological polar surface area (TPSA) is 92.2 Å². The molecule has 1 aromatic heterocycles. The van der Waals surface area contributed by atoms with Crippen molar-refractivity contribution in [2.75, 3.05) is 0 Å². The summed E-state index contributed by atoms with van der Waals surface area (Å²) in [6.45, 7) is 4.11. The Bertz CT molecular complexity index is 521. The number of carbonyl (C=O) groups is 2. The van der Waals surface area contributed by atoms with Gasteiger partial charge in [-0.2, -0.15) is 0 Å². The van der Waals surface area contributed by atoms with Gasteiger partial charge in [0.2, 0.25) is 0 Å². The molecule has 2 rings (SSSR count). The first kappa shape index (κ1) is 15.9. The number of carbonyl (C=O) groups excluding carboxylic acids is 1. The van der Waals surface area contributed by atoms with Gasteiger partial charge in [0.25, 0.3) is 5.91 Å². The fraction of sp³-hybridized carbons (Fsp3) is 0.714. The van der Waals surface area contributed by atoms with Gasteiger partial charge in [-0.15, -0.1) is 5.10 Å². The molecule has 21 heavy (non-hydrogen) atoms. The molecular weight excluding hydrogens is 290 g/mol. The van der Waals surface area contributed by atoms with Gasteiger partial charge in [-0.25, -0.2) is 4.79 Å². The number of carboxylic acid groups (broad SMARTS) is 1. The van der Waals surface area contributed by atoms with Crippen LogP contribution in [0.4, 0.5) is 0 Å². The van der Waals surface area contributed by atoms with E-state index in [0.717, 1.165) is 30.8 Å². The van der Waals surface area contributed by atoms with Crippen molar-refractivity contribution in [2.45, 2.75) is 57.9 Å². The third kappa shape index (κ3) is 3.40. The zero-order valence-corrected chi connectivity index (χ0v) is 13.2. The highest BCUT2D eigenvalue weighted by Crippen LogP contribution is 2.32. The summed E-state index contributed by atoms with van der Waals surface area (Å²) < 4.78 is 3.82. The van der Waals surface area contributed by atoms with Crippen molar-refractivity contribution >= 4 is 23.4 Å². The van der Waals surface area contributed by atoms with Gasteiger partial charge >= 0.3 is 5.97 Å². The van der Waals surface area contributed by atoms with Crippen LogP contribution in [0.5, 0.6) is 0 Å². The molecule has 1 aliphatic rings. The van der Waals surface area contributed by atoms with Crippen LogP contribution < -0.4 is 5.32 Å². The highest BCUT2D eigenvalue weighted by atomic mass is 32.1. The normalized spacial score (nSPS) is 25.5. The number of amides is 1. The number of aliphatic carboxylic acids is 1. The molecule has 1 aliphatic carbocycles. The number of hydrogen-bond donors (Lipinski definition) is 2. The van der Waals surface area contributed by atoms with E-state index in [1.807, 2.05) is 6.92 Å². The second-order valence-electron chi connectivity index (χ2n) is 5.82. The Labute approximate surface area is 128 Å². The van der Waals surface area contributed by atoms with Crippen LogP contribution in [0.2, 0.25) is 0 Å². The van der Waals surface area contributed by atoms with Gasteiger partial charge in [-0.05, 0) is 49.6 Å². The maximum Gasteiger partial charge on any atom is 0.329 e. The lowest BCUT2D eigenvalue weighted by Crippen LogP contribution is -2.56. The molecule has 0 radical (unpaired) electrons. The summed E-state index contributed by atoms with van der Waals surface area (Å²) in [5.74, 6) is -0.794. The van der Waals surface area contributed by atoms with Gasteiger partial charge in [-0.1, -0.05) is 24.8 Å². The molecule has 0 saturated heterocycles. The molecule has 1 heterocycles. The van der Waals surface area contributed by atoms with E-state index < -0.39 is 11.5 Å². The maximum absolute atomic E-state index is 12.4. The Hall–Kier alpha value is -1.50. The molecule has 2 N–H and O–H groups in total. The molecule has 0 spiro atoms. The fourth-order valence-corrected chi connectivity index (χ4v) is 3.31. The average Bonchev–Trinajstić information content (AvgIpc) is 2.90. The minimum Gasteiger partial charge on any atom is -0.480 e. The summed E-state index contributed by atoms with van der Waals surface area (Å²) in [4.78, 5) is 24.5. The molecule has 116 valence electrons. The highest BCUT2D eigenvalue weighted by Gasteiger charge is 2.43. The van der Waals surface area contributed by atoms with Crippen LogP contribution in [-0.2, 0) is 11.2 Å². The number of carboxylic acids is 1. The van der Waals surface area contributed by atoms with Crippen molar-refractivity contribution in [1.82, 2.24) is 14.9 Å². The van der Waals surface area contributed by atoms with E-state index >= 15 is 0 Å². The van der Waals surface area contributed by atoms with E-state index in [1.54, 1.807) is 0 Å². The largest absolute Gasteiger partial charge is 0.480 e. The van der Waals surface area contributed by atoms with Crippen molar-refractivity contribution in [1.29, 1.82) is 0 Å². The van der Waals surface area contributed by atoms with Gasteiger partial charge in [-0.3, -0.25) is 4.79 Å². The summed E-state index contributed by atoms with van der Waals surface area (Å²) in [7, 11) is 0. The van der Waals surface area contributed by atoms with Gasteiger partial charge in [0.15, 0.2) is 0 Å². The lowest BCUT2D eigenvalue weighted by Gasteiger charge is -2.36. The van der Waals surface area contributed by atoms with Crippen LogP contribution in [-0.4, -0.2) is 32.1 Å². The lowest BCUT2D eigenvalue weighted by atomic mass is 9.77. The van der Waals surface area contributed by atoms with Gasteiger partial charge in [0.05, 0.1) is 5.69 Å². The molecule has 0 aliphatic heterocycles. The maximum atomic E-state index is 12.4. The van der Waals surface area contributed by atoms with Gasteiger partial charge in [0.1, 0.15) is 10.4 Å². The molecule has 0 atom stereocenters. The highest BCUT2D eigenvalue weighted by molar-refractivity contribution is 7.08. The Kier molecular flexibility index (Phi) is 4.92. The van der Waals surface area contributed by atoms with E-state index in [0.29, 0.717) is 35.8 Å². The van der Waals surface area contributed by atoms with E-state index in [2.05, 4.69) is 21.8 Å². The van der Waals surface area contributed by atoms with Crippen molar-refractivity contribution in [3.8, 4) is 0 Å². The number of aryl methyl sites for hydroxylation is 1. The number of nitrogens with zero attached hydrogens (tertiary/aromatic N) is 2. The predicted octanol–water partition coefficient (Wildman–Crippen LogP) is 2.25. The number of nitrogens with one attached hydrogen (secondary N) is 1. The average molecular weight is 311 g/mol. The summed E-state index contributed by atoms with van der Waals surface area (Å²) in [6.07, 6.45) is 4.13. The first-order chi connectivity index (χ1) is 9.98. The quantitative estimate of drug-likeness (QED) is 0.870. The zero-order chi connectivity index (χ0) is 15.5. The molecule has 1 aromatic rings. The summed E-state index contributed by atoms with van der Waals surface area (Å²) in [5.41, 5.74) is -0.485. The van der Waals surface area contributed by atoms with Crippen LogP contribution in [0.3, 0.4) is 0 Å². The first-order valence-electron chi connectivity index (χ1n) is 7.35. The molecule has 1 fully saturated rings. The minimum atomic E-state index is -1.14. The second kappa shape index (κ2) is 6.51. The minimum absolute atomic E-state index is 0.356. The first-order valence-corrected chi connectivity index (χ1v) is 8.13. The summed E-state index contributed by atoms with van der Waals surface area (Å²) in [5, 5.41) is 16.3. The molecule has 0 bridgehead atoms. The van der Waals surface area contributed by atoms with Crippen molar-refractivity contribution in [3.05, 3.63) is 10.6 Å². The molecular formula is C14H21N3O3S. The molecule has 7 heteroatoms. The van der Waals surface area contributed by atoms with E-state index in [-0.39, 0.29) is 5.91 Å². The lowest BCUT2D eigenvalue weighted by molar-refractivity contribution is -0.146. The molecule has 6 nitrogen and oxygen atoms in total. The third-order valence-corrected chi connectivity index (χ3v) is 4.91. The van der Waals surface area contributed by atoms with Crippen LogP contribution in [0.25, 0.3) is 0 Å². The van der Waals surface area contributed by atoms with E-state index in [4.69, 9.17) is 0 Å². The Morgan fingerprint density at radius 1 is 1.43 bits per heavy atom. The van der Waals surface area contributed by atoms with Crippen LogP contribution >= 0.6 is 11.5 Å². The molecule has 1 saturated carbocycles. The number of aromatic nitrogens is 2. The Morgan fingerprint density at radius 2 is 2.10 bits per heavy atom. The molecule has 0 unspecified atom stereocenters. The SMILES string of the molecule is CCCc1nnsc1C(=O)NC1(C(=O)O)CCC(C)CC1. The van der Waals surface area contributed by atoms with Crippen molar-refractivity contribution in [2.24, 2.45) is 5.92 Å². The standard InChI is InChI=1S/C14H21N3O3S/c1-3-4-10-11(21-17-16-10)12(18)15-14(13(19)20)7-5-9(2)6-8-14/h9H,3-8H2,1-2H3,(H,15,18)(H,19,20). The summed E-state index contributed by atoms with van der Waals surface area (Å²) in [6, 6.07) is 0. The Morgan fingerprint density at radius 3 is 2.67 bits per heavy atom. The zero-order valence-electron chi connectivity index (χ0n) is 12.4. The van der Waals surface area contributed by atoms with E-state index in [1.165, 1.54) is 0 Å². The van der Waals surface area contributed by atoms with Crippen LogP contribution in [0.1, 0.15) is 61.3 Å². The van der Waals surface area contributed by atoms with Crippen molar-refractivity contribution in [3.63, 3.8) is 0 Å². The van der Waals surface area contributed by atoms with Crippen molar-refractivity contribution < 1.29 is 14.7 Å². The van der Waals surface area contributed by atoms with Crippen LogP contribution in [0, 0.1) is 5.92 Å². The molecule has 1 amide bonds. The smallest absolute Gasteiger partial charge is 0.329 e. The fourth-order valence-electron chi connectivity index (χ4n) is 2.70. The van der Waals surface area contributed by atoms with Gasteiger partial charge < -0.3 is 10.4 Å². The number of rotatable bonds is 5. The molecule has 0 aromatic carbocycles. The summed E-state index contributed by atoms with van der Waals surface area (Å²) >= 11 is 1.03. The number of hydrogen-bond acceptors (Lipinski definition) is 5. The van der Waals surface area contributed by atoms with Crippen LogP contribution in [0.15, 0.2) is 0 Å².